The van der Waals surface area contributed by atoms with E-state index in [4.69, 9.17) is 10.8 Å². The molecular formula is C11H9NO3. The smallest absolute Gasteiger partial charge is 0.318 e. The molecule has 0 bridgehead atoms. The van der Waals surface area contributed by atoms with Gasteiger partial charge in [-0.25, -0.2) is 0 Å². The van der Waals surface area contributed by atoms with Crippen molar-refractivity contribution in [3.05, 3.63) is 35.4 Å². The van der Waals surface area contributed by atoms with E-state index in [1.54, 1.807) is 24.3 Å². The van der Waals surface area contributed by atoms with E-state index >= 15 is 0 Å². The standard InChI is InChI=1S/C11H9NO3/c12-9-3-1-2-7-6(9)4-5-8(10(7)13)11(14)15/h1-5,8H,12H2,(H,14,15). The second-order valence-corrected chi connectivity index (χ2v) is 3.35. The van der Waals surface area contributed by atoms with E-state index in [1.165, 1.54) is 6.08 Å². The van der Waals surface area contributed by atoms with Gasteiger partial charge in [-0.1, -0.05) is 24.3 Å². The summed E-state index contributed by atoms with van der Waals surface area (Å²) < 4.78 is 0. The number of anilines is 1. The summed E-state index contributed by atoms with van der Waals surface area (Å²) in [5, 5.41) is 8.80. The number of fused-ring (bicyclic) bond motifs is 1. The second kappa shape index (κ2) is 3.24. The number of hydrogen-bond acceptors (Lipinski definition) is 3. The maximum absolute atomic E-state index is 11.7. The molecule has 0 aliphatic heterocycles. The predicted molar refractivity (Wildman–Crippen MR) is 55.3 cm³/mol. The molecule has 3 N–H and O–H groups in total. The Balaban J connectivity index is 2.56. The van der Waals surface area contributed by atoms with E-state index in [9.17, 15) is 9.59 Å². The molecule has 1 atom stereocenters. The number of carboxylic acids is 1. The highest BCUT2D eigenvalue weighted by atomic mass is 16.4. The van der Waals surface area contributed by atoms with Crippen LogP contribution in [0, 0.1) is 5.92 Å². The zero-order chi connectivity index (χ0) is 11.0. The van der Waals surface area contributed by atoms with Gasteiger partial charge in [0, 0.05) is 16.8 Å². The van der Waals surface area contributed by atoms with Crippen molar-refractivity contribution in [1.82, 2.24) is 0 Å². The first-order valence-corrected chi connectivity index (χ1v) is 4.45. The maximum Gasteiger partial charge on any atom is 0.318 e. The van der Waals surface area contributed by atoms with E-state index in [2.05, 4.69) is 0 Å². The Kier molecular flexibility index (Phi) is 2.04. The van der Waals surface area contributed by atoms with Gasteiger partial charge in [-0.2, -0.15) is 0 Å². The van der Waals surface area contributed by atoms with E-state index in [0.29, 0.717) is 16.8 Å². The van der Waals surface area contributed by atoms with Crippen LogP contribution in [0.25, 0.3) is 6.08 Å². The van der Waals surface area contributed by atoms with Gasteiger partial charge in [-0.3, -0.25) is 9.59 Å². The Labute approximate surface area is 86.0 Å². The lowest BCUT2D eigenvalue weighted by atomic mass is 9.87. The number of carbonyl (C=O) groups excluding carboxylic acids is 1. The lowest BCUT2D eigenvalue weighted by molar-refractivity contribution is -0.138. The topological polar surface area (TPSA) is 80.4 Å². The summed E-state index contributed by atoms with van der Waals surface area (Å²) in [7, 11) is 0. The monoisotopic (exact) mass is 203 g/mol. The Morgan fingerprint density at radius 3 is 2.80 bits per heavy atom. The molecule has 2 rings (SSSR count). The first kappa shape index (κ1) is 9.45. The molecule has 0 saturated carbocycles. The van der Waals surface area contributed by atoms with Crippen LogP contribution in [0.4, 0.5) is 5.69 Å². The van der Waals surface area contributed by atoms with E-state index < -0.39 is 17.7 Å². The van der Waals surface area contributed by atoms with Crippen LogP contribution in [0.3, 0.4) is 0 Å². The predicted octanol–water partition coefficient (Wildman–Crippen LogP) is 1.18. The highest BCUT2D eigenvalue weighted by molar-refractivity contribution is 6.14. The minimum Gasteiger partial charge on any atom is -0.480 e. The van der Waals surface area contributed by atoms with Crippen molar-refractivity contribution in [3.8, 4) is 0 Å². The van der Waals surface area contributed by atoms with Gasteiger partial charge in [0.1, 0.15) is 5.92 Å². The maximum atomic E-state index is 11.7. The molecule has 4 nitrogen and oxygen atoms in total. The average Bonchev–Trinajstić information content (AvgIpc) is 2.19. The minimum absolute atomic E-state index is 0.380. The number of carboxylic acid groups (broad SMARTS) is 1. The Bertz CT molecular complexity index is 477. The largest absolute Gasteiger partial charge is 0.480 e. The van der Waals surface area contributed by atoms with Gasteiger partial charge in [0.25, 0.3) is 0 Å². The summed E-state index contributed by atoms with van der Waals surface area (Å²) in [6.45, 7) is 0. The minimum atomic E-state index is -1.13. The molecule has 15 heavy (non-hydrogen) atoms. The molecule has 1 aromatic rings. The summed E-state index contributed by atoms with van der Waals surface area (Å²) in [6.07, 6.45) is 2.95. The molecule has 0 radical (unpaired) electrons. The number of benzene rings is 1. The molecule has 1 unspecified atom stereocenters. The first-order chi connectivity index (χ1) is 7.11. The summed E-state index contributed by atoms with van der Waals surface area (Å²) >= 11 is 0. The quantitative estimate of drug-likeness (QED) is 0.530. The number of aliphatic carboxylic acids is 1. The molecule has 0 saturated heterocycles. The molecule has 0 heterocycles. The van der Waals surface area contributed by atoms with E-state index in [1.807, 2.05) is 0 Å². The number of ketones is 1. The molecule has 0 fully saturated rings. The van der Waals surface area contributed by atoms with Crippen LogP contribution < -0.4 is 5.73 Å². The van der Waals surface area contributed by atoms with Crippen LogP contribution >= 0.6 is 0 Å². The second-order valence-electron chi connectivity index (χ2n) is 3.35. The molecule has 0 amide bonds. The molecule has 0 aromatic heterocycles. The highest BCUT2D eigenvalue weighted by Crippen LogP contribution is 2.27. The molecule has 4 heteroatoms. The van der Waals surface area contributed by atoms with E-state index in [-0.39, 0.29) is 0 Å². The van der Waals surface area contributed by atoms with Crippen LogP contribution in [0.5, 0.6) is 0 Å². The van der Waals surface area contributed by atoms with Crippen LogP contribution in [0.1, 0.15) is 15.9 Å². The van der Waals surface area contributed by atoms with Crippen LogP contribution in [0.2, 0.25) is 0 Å². The normalized spacial score (nSPS) is 18.7. The van der Waals surface area contributed by atoms with Crippen LogP contribution in [-0.2, 0) is 4.79 Å². The number of carbonyl (C=O) groups is 2. The number of Topliss-reactive ketones (excluding diaryl/α,β-unsaturated/α-hetero) is 1. The Morgan fingerprint density at radius 2 is 2.13 bits per heavy atom. The summed E-state index contributed by atoms with van der Waals surface area (Å²) in [4.78, 5) is 22.5. The third kappa shape index (κ3) is 1.40. The number of rotatable bonds is 1. The fourth-order valence-electron chi connectivity index (χ4n) is 1.63. The van der Waals surface area contributed by atoms with Gasteiger partial charge >= 0.3 is 5.97 Å². The lowest BCUT2D eigenvalue weighted by Gasteiger charge is -2.15. The van der Waals surface area contributed by atoms with Gasteiger partial charge < -0.3 is 10.8 Å². The zero-order valence-electron chi connectivity index (χ0n) is 7.81. The molecular weight excluding hydrogens is 194 g/mol. The van der Waals surface area contributed by atoms with Gasteiger partial charge in [0.05, 0.1) is 0 Å². The van der Waals surface area contributed by atoms with Gasteiger partial charge in [-0.05, 0) is 6.07 Å². The Morgan fingerprint density at radius 1 is 1.40 bits per heavy atom. The molecule has 1 aliphatic rings. The first-order valence-electron chi connectivity index (χ1n) is 4.45. The highest BCUT2D eigenvalue weighted by Gasteiger charge is 2.29. The van der Waals surface area contributed by atoms with Crippen molar-refractivity contribution >= 4 is 23.5 Å². The number of nitrogens with two attached hydrogens (primary N) is 1. The summed E-state index contributed by atoms with van der Waals surface area (Å²) in [5.74, 6) is -2.63. The van der Waals surface area contributed by atoms with Gasteiger partial charge in [-0.15, -0.1) is 0 Å². The van der Waals surface area contributed by atoms with E-state index in [0.717, 1.165) is 0 Å². The van der Waals surface area contributed by atoms with Crippen molar-refractivity contribution in [1.29, 1.82) is 0 Å². The summed E-state index contributed by atoms with van der Waals surface area (Å²) in [5.41, 5.74) is 7.15. The van der Waals surface area contributed by atoms with Crippen molar-refractivity contribution in [2.45, 2.75) is 0 Å². The Hall–Kier alpha value is -2.10. The van der Waals surface area contributed by atoms with Gasteiger partial charge in [0.15, 0.2) is 5.78 Å². The van der Waals surface area contributed by atoms with Crippen LogP contribution in [0.15, 0.2) is 24.3 Å². The average molecular weight is 203 g/mol. The molecule has 0 spiro atoms. The zero-order valence-corrected chi connectivity index (χ0v) is 7.81. The van der Waals surface area contributed by atoms with Crippen molar-refractivity contribution in [2.75, 3.05) is 5.73 Å². The van der Waals surface area contributed by atoms with Crippen molar-refractivity contribution in [2.24, 2.45) is 5.92 Å². The SMILES string of the molecule is Nc1cccc2c1C=CC(C(=O)O)C2=O. The molecule has 1 aromatic carbocycles. The third-order valence-corrected chi connectivity index (χ3v) is 2.41. The van der Waals surface area contributed by atoms with Crippen molar-refractivity contribution < 1.29 is 14.7 Å². The fourth-order valence-corrected chi connectivity index (χ4v) is 1.63. The number of nitrogen functional groups attached to an aromatic ring is 1. The van der Waals surface area contributed by atoms with Gasteiger partial charge in [0.2, 0.25) is 0 Å². The number of hydrogen-bond donors (Lipinski definition) is 2. The van der Waals surface area contributed by atoms with Crippen LogP contribution in [-0.4, -0.2) is 16.9 Å². The molecule has 76 valence electrons. The summed E-state index contributed by atoms with van der Waals surface area (Å²) in [6, 6.07) is 4.91. The fraction of sp³-hybridized carbons (Fsp3) is 0.0909. The van der Waals surface area contributed by atoms with Crippen molar-refractivity contribution in [3.63, 3.8) is 0 Å². The molecule has 1 aliphatic carbocycles. The lowest BCUT2D eigenvalue weighted by Crippen LogP contribution is -2.25. The third-order valence-electron chi connectivity index (χ3n) is 2.41.